The number of hydrogen-bond acceptors (Lipinski definition) is 5. The van der Waals surface area contributed by atoms with E-state index in [-0.39, 0.29) is 5.91 Å². The summed E-state index contributed by atoms with van der Waals surface area (Å²) in [5, 5.41) is 0. The summed E-state index contributed by atoms with van der Waals surface area (Å²) >= 11 is 0. The fourth-order valence-electron chi connectivity index (χ4n) is 0.707. The van der Waals surface area contributed by atoms with Gasteiger partial charge in [-0.05, 0) is 6.92 Å². The lowest BCUT2D eigenvalue weighted by Crippen LogP contribution is -2.22. The number of phosphoric acid groups is 1. The van der Waals surface area contributed by atoms with E-state index >= 15 is 0 Å². The molecule has 0 heterocycles. The van der Waals surface area contributed by atoms with Crippen molar-refractivity contribution >= 4 is 13.7 Å². The summed E-state index contributed by atoms with van der Waals surface area (Å²) in [6.45, 7) is 1.54. The summed E-state index contributed by atoms with van der Waals surface area (Å²) in [7, 11) is 2.05. The third-order valence-corrected chi connectivity index (χ3v) is 2.81. The number of hydrogen-bond donors (Lipinski definition) is 0. The van der Waals surface area contributed by atoms with Crippen molar-refractivity contribution in [3.63, 3.8) is 0 Å². The van der Waals surface area contributed by atoms with E-state index in [0.29, 0.717) is 5.57 Å². The highest BCUT2D eigenvalue weighted by molar-refractivity contribution is 7.48. The van der Waals surface area contributed by atoms with Crippen LogP contribution in [0.2, 0.25) is 0 Å². The van der Waals surface area contributed by atoms with Crippen LogP contribution in [0.5, 0.6) is 0 Å². The zero-order valence-corrected chi connectivity index (χ0v) is 10.4. The standard InChI is InChI=1S/C8H16NO5P/c1-7(8(10)9(2)3)6-14-15(11,12-4)13-5/h6H,1-5H3. The van der Waals surface area contributed by atoms with E-state index in [1.165, 1.54) is 26.0 Å². The molecule has 0 fully saturated rings. The van der Waals surface area contributed by atoms with Crippen LogP contribution in [0.25, 0.3) is 0 Å². The van der Waals surface area contributed by atoms with Crippen LogP contribution in [0.3, 0.4) is 0 Å². The van der Waals surface area contributed by atoms with Gasteiger partial charge in [0.2, 0.25) is 0 Å². The van der Waals surface area contributed by atoms with Gasteiger partial charge in [-0.1, -0.05) is 0 Å². The van der Waals surface area contributed by atoms with Crippen molar-refractivity contribution < 1.29 is 22.9 Å². The van der Waals surface area contributed by atoms with Gasteiger partial charge in [0.15, 0.2) is 0 Å². The van der Waals surface area contributed by atoms with Gasteiger partial charge in [0.25, 0.3) is 5.91 Å². The van der Waals surface area contributed by atoms with Crippen LogP contribution < -0.4 is 0 Å². The molecule has 15 heavy (non-hydrogen) atoms. The van der Waals surface area contributed by atoms with Crippen molar-refractivity contribution in [3.05, 3.63) is 11.8 Å². The third kappa shape index (κ3) is 4.46. The Morgan fingerprint density at radius 2 is 1.73 bits per heavy atom. The first-order chi connectivity index (χ1) is 6.86. The van der Waals surface area contributed by atoms with E-state index in [1.807, 2.05) is 0 Å². The second kappa shape index (κ2) is 5.90. The molecule has 0 unspecified atom stereocenters. The van der Waals surface area contributed by atoms with Crippen molar-refractivity contribution in [2.24, 2.45) is 0 Å². The van der Waals surface area contributed by atoms with Crippen LogP contribution in [-0.4, -0.2) is 39.1 Å². The Morgan fingerprint density at radius 1 is 1.27 bits per heavy atom. The Kier molecular flexibility index (Phi) is 5.57. The lowest BCUT2D eigenvalue weighted by atomic mass is 10.3. The largest absolute Gasteiger partial charge is 0.528 e. The second-order valence-corrected chi connectivity index (χ2v) is 4.75. The highest BCUT2D eigenvalue weighted by Gasteiger charge is 2.23. The van der Waals surface area contributed by atoms with Gasteiger partial charge in [0.1, 0.15) is 6.26 Å². The molecule has 1 amide bonds. The lowest BCUT2D eigenvalue weighted by Gasteiger charge is -2.13. The Labute approximate surface area is 89.4 Å². The maximum absolute atomic E-state index is 11.4. The smallest absolute Gasteiger partial charge is 0.411 e. The first-order valence-corrected chi connectivity index (χ1v) is 5.60. The topological polar surface area (TPSA) is 65.1 Å². The minimum atomic E-state index is -3.55. The first-order valence-electron chi connectivity index (χ1n) is 4.14. The predicted octanol–water partition coefficient (Wildman–Crippen LogP) is 1.40. The molecule has 0 aromatic rings. The Morgan fingerprint density at radius 3 is 2.07 bits per heavy atom. The predicted molar refractivity (Wildman–Crippen MR) is 55.2 cm³/mol. The van der Waals surface area contributed by atoms with Crippen molar-refractivity contribution in [1.29, 1.82) is 0 Å². The van der Waals surface area contributed by atoms with Crippen LogP contribution in [0.15, 0.2) is 11.8 Å². The van der Waals surface area contributed by atoms with Crippen molar-refractivity contribution in [3.8, 4) is 0 Å². The molecule has 0 saturated heterocycles. The molecule has 0 atom stereocenters. The molecule has 0 aliphatic rings. The molecule has 0 aliphatic heterocycles. The van der Waals surface area contributed by atoms with E-state index < -0.39 is 7.82 Å². The molecule has 0 spiro atoms. The summed E-state index contributed by atoms with van der Waals surface area (Å²) in [6.07, 6.45) is 1.07. The zero-order valence-electron chi connectivity index (χ0n) is 9.51. The molecule has 88 valence electrons. The number of carbonyl (C=O) groups is 1. The summed E-state index contributed by atoms with van der Waals surface area (Å²) in [5.74, 6) is -0.242. The van der Waals surface area contributed by atoms with Crippen LogP contribution in [0.1, 0.15) is 6.92 Å². The molecule has 6 nitrogen and oxygen atoms in total. The maximum atomic E-state index is 11.4. The highest BCUT2D eigenvalue weighted by Crippen LogP contribution is 2.47. The summed E-state index contributed by atoms with van der Waals surface area (Å²) < 4.78 is 25.2. The monoisotopic (exact) mass is 237 g/mol. The molecule has 0 N–H and O–H groups in total. The average molecular weight is 237 g/mol. The van der Waals surface area contributed by atoms with E-state index in [2.05, 4.69) is 9.05 Å². The molecule has 0 rings (SSSR count). The summed E-state index contributed by atoms with van der Waals surface area (Å²) in [6, 6.07) is 0. The normalized spacial score (nSPS) is 12.5. The quantitative estimate of drug-likeness (QED) is 0.410. The maximum Gasteiger partial charge on any atom is 0.528 e. The van der Waals surface area contributed by atoms with Gasteiger partial charge in [0, 0.05) is 33.9 Å². The van der Waals surface area contributed by atoms with Crippen molar-refractivity contribution in [2.45, 2.75) is 6.92 Å². The molecule has 0 bridgehead atoms. The number of nitrogens with zero attached hydrogens (tertiary/aromatic N) is 1. The van der Waals surface area contributed by atoms with Crippen molar-refractivity contribution in [1.82, 2.24) is 4.90 Å². The average Bonchev–Trinajstić information content (AvgIpc) is 2.24. The Balaban J connectivity index is 4.53. The van der Waals surface area contributed by atoms with E-state index in [1.54, 1.807) is 14.1 Å². The SMILES string of the molecule is COP(=O)(OC)OC=C(C)C(=O)N(C)C. The van der Waals surface area contributed by atoms with Gasteiger partial charge in [0.05, 0.1) is 0 Å². The van der Waals surface area contributed by atoms with Gasteiger partial charge >= 0.3 is 7.82 Å². The minimum absolute atomic E-state index is 0.242. The van der Waals surface area contributed by atoms with Crippen LogP contribution in [0.4, 0.5) is 0 Å². The summed E-state index contributed by atoms with van der Waals surface area (Å²) in [5.41, 5.74) is 0.300. The van der Waals surface area contributed by atoms with Gasteiger partial charge in [-0.2, -0.15) is 0 Å². The Bertz CT molecular complexity index is 291. The minimum Gasteiger partial charge on any atom is -0.411 e. The zero-order chi connectivity index (χ0) is 12.1. The first kappa shape index (κ1) is 14.2. The Hall–Kier alpha value is -0.840. The molecule has 0 aromatic heterocycles. The van der Waals surface area contributed by atoms with E-state index in [0.717, 1.165) is 6.26 Å². The van der Waals surface area contributed by atoms with E-state index in [9.17, 15) is 9.36 Å². The van der Waals surface area contributed by atoms with Gasteiger partial charge < -0.3 is 9.42 Å². The van der Waals surface area contributed by atoms with Crippen molar-refractivity contribution in [2.75, 3.05) is 28.3 Å². The lowest BCUT2D eigenvalue weighted by molar-refractivity contribution is -0.124. The molecule has 7 heteroatoms. The molecular formula is C8H16NO5P. The van der Waals surface area contributed by atoms with Crippen LogP contribution >= 0.6 is 7.82 Å². The van der Waals surface area contributed by atoms with Gasteiger partial charge in [-0.3, -0.25) is 13.8 Å². The number of carbonyl (C=O) groups excluding carboxylic acids is 1. The van der Waals surface area contributed by atoms with E-state index in [4.69, 9.17) is 4.52 Å². The number of rotatable bonds is 5. The van der Waals surface area contributed by atoms with Gasteiger partial charge in [-0.25, -0.2) is 4.57 Å². The number of amides is 1. The van der Waals surface area contributed by atoms with Crippen LogP contribution in [-0.2, 0) is 22.9 Å². The molecule has 0 saturated carbocycles. The second-order valence-electron chi connectivity index (χ2n) is 2.92. The molecular weight excluding hydrogens is 221 g/mol. The van der Waals surface area contributed by atoms with Gasteiger partial charge in [-0.15, -0.1) is 0 Å². The summed E-state index contributed by atoms with van der Waals surface area (Å²) in [4.78, 5) is 12.7. The number of phosphoric ester groups is 1. The molecule has 0 radical (unpaired) electrons. The molecule has 0 aliphatic carbocycles. The molecule has 0 aromatic carbocycles. The third-order valence-electron chi connectivity index (χ3n) is 1.55. The number of likely N-dealkylation sites (N-methyl/N-ethyl adjacent to an activating group) is 1. The fourth-order valence-corrected chi connectivity index (χ4v) is 1.32. The fraction of sp³-hybridized carbons (Fsp3) is 0.625. The highest BCUT2D eigenvalue weighted by atomic mass is 31.2. The van der Waals surface area contributed by atoms with Crippen LogP contribution in [0, 0.1) is 0 Å².